The Kier molecular flexibility index (Phi) is 5.42. The lowest BCUT2D eigenvalue weighted by Crippen LogP contribution is -2.18. The van der Waals surface area contributed by atoms with Crippen LogP contribution in [-0.4, -0.2) is 32.2 Å². The summed E-state index contributed by atoms with van der Waals surface area (Å²) >= 11 is 12.6. The lowest BCUT2D eigenvalue weighted by Gasteiger charge is -2.18. The molecule has 0 fully saturated rings. The zero-order chi connectivity index (χ0) is 19.8. The maximum absolute atomic E-state index is 12.0. The molecule has 0 spiro atoms. The molecular weight excluding hydrogens is 389 g/mol. The second-order valence-corrected chi connectivity index (χ2v) is 7.34. The van der Waals surface area contributed by atoms with E-state index in [1.54, 1.807) is 43.7 Å². The van der Waals surface area contributed by atoms with E-state index < -0.39 is 5.60 Å². The first kappa shape index (κ1) is 19.6. The highest BCUT2D eigenvalue weighted by Crippen LogP contribution is 2.40. The number of hydrogen-bond donors (Lipinski definition) is 1. The summed E-state index contributed by atoms with van der Waals surface area (Å²) in [5.74, 6) is -0.387. The first-order valence-corrected chi connectivity index (χ1v) is 9.16. The van der Waals surface area contributed by atoms with E-state index in [4.69, 9.17) is 27.9 Å². The summed E-state index contributed by atoms with van der Waals surface area (Å²) in [7, 11) is 0. The summed E-state index contributed by atoms with van der Waals surface area (Å²) in [5.41, 5.74) is 1.05. The number of carbonyl (C=O) groups excluding carboxylic acids is 1. The van der Waals surface area contributed by atoms with Gasteiger partial charge in [0.1, 0.15) is 24.1 Å². The van der Waals surface area contributed by atoms with Gasteiger partial charge in [0.05, 0.1) is 27.7 Å². The molecule has 8 heteroatoms. The van der Waals surface area contributed by atoms with E-state index >= 15 is 0 Å². The number of benzene rings is 1. The molecule has 27 heavy (non-hydrogen) atoms. The maximum Gasteiger partial charge on any atom is 0.325 e. The SMILES string of the molecule is CCOC(=O)Cn1cc(-c2cccc(Cl)c2Cl)c2c(C(C)(C)O)ncnc21. The number of ether oxygens (including phenoxy) is 1. The summed E-state index contributed by atoms with van der Waals surface area (Å²) in [6, 6.07) is 5.29. The monoisotopic (exact) mass is 407 g/mol. The topological polar surface area (TPSA) is 77.2 Å². The van der Waals surface area contributed by atoms with Gasteiger partial charge < -0.3 is 14.4 Å². The van der Waals surface area contributed by atoms with E-state index in [0.717, 1.165) is 0 Å². The van der Waals surface area contributed by atoms with Crippen LogP contribution in [-0.2, 0) is 21.7 Å². The van der Waals surface area contributed by atoms with Gasteiger partial charge in [-0.1, -0.05) is 35.3 Å². The normalized spacial score (nSPS) is 11.8. The lowest BCUT2D eigenvalue weighted by atomic mass is 9.97. The number of fused-ring (bicyclic) bond motifs is 1. The van der Waals surface area contributed by atoms with E-state index in [1.165, 1.54) is 6.33 Å². The van der Waals surface area contributed by atoms with Gasteiger partial charge >= 0.3 is 5.97 Å². The van der Waals surface area contributed by atoms with Gasteiger partial charge in [-0.15, -0.1) is 0 Å². The fourth-order valence-corrected chi connectivity index (χ4v) is 3.37. The number of nitrogens with zero attached hydrogens (tertiary/aromatic N) is 3. The molecule has 2 aromatic heterocycles. The van der Waals surface area contributed by atoms with Crippen molar-refractivity contribution >= 4 is 40.2 Å². The molecule has 3 aromatic rings. The van der Waals surface area contributed by atoms with Gasteiger partial charge in [0.2, 0.25) is 0 Å². The van der Waals surface area contributed by atoms with Crippen LogP contribution in [0.4, 0.5) is 0 Å². The Morgan fingerprint density at radius 3 is 2.67 bits per heavy atom. The van der Waals surface area contributed by atoms with Crippen molar-refractivity contribution in [2.75, 3.05) is 6.61 Å². The fourth-order valence-electron chi connectivity index (χ4n) is 2.97. The molecule has 1 N–H and O–H groups in total. The van der Waals surface area contributed by atoms with Crippen molar-refractivity contribution in [3.05, 3.63) is 46.5 Å². The smallest absolute Gasteiger partial charge is 0.325 e. The van der Waals surface area contributed by atoms with Crippen molar-refractivity contribution in [2.24, 2.45) is 0 Å². The van der Waals surface area contributed by atoms with Crippen molar-refractivity contribution in [1.82, 2.24) is 14.5 Å². The van der Waals surface area contributed by atoms with Gasteiger partial charge in [-0.2, -0.15) is 0 Å². The highest BCUT2D eigenvalue weighted by atomic mass is 35.5. The minimum absolute atomic E-state index is 0.0230. The minimum Gasteiger partial charge on any atom is -0.465 e. The van der Waals surface area contributed by atoms with Crippen LogP contribution in [0.2, 0.25) is 10.0 Å². The third-order valence-electron chi connectivity index (χ3n) is 4.08. The maximum atomic E-state index is 12.0. The van der Waals surface area contributed by atoms with Crippen LogP contribution >= 0.6 is 23.2 Å². The number of halogens is 2. The summed E-state index contributed by atoms with van der Waals surface area (Å²) in [6.07, 6.45) is 3.11. The highest BCUT2D eigenvalue weighted by Gasteiger charge is 2.27. The number of aliphatic hydroxyl groups is 1. The van der Waals surface area contributed by atoms with Gasteiger partial charge in [0.25, 0.3) is 0 Å². The van der Waals surface area contributed by atoms with Crippen LogP contribution in [0.3, 0.4) is 0 Å². The quantitative estimate of drug-likeness (QED) is 0.641. The van der Waals surface area contributed by atoms with Gasteiger partial charge in [0, 0.05) is 17.3 Å². The Labute approximate surface area is 166 Å². The van der Waals surface area contributed by atoms with Crippen LogP contribution in [0.25, 0.3) is 22.2 Å². The first-order chi connectivity index (χ1) is 12.7. The molecule has 0 aliphatic carbocycles. The van der Waals surface area contributed by atoms with Crippen molar-refractivity contribution in [1.29, 1.82) is 0 Å². The van der Waals surface area contributed by atoms with Crippen LogP contribution in [0.5, 0.6) is 0 Å². The molecule has 6 nitrogen and oxygen atoms in total. The van der Waals surface area contributed by atoms with Gasteiger partial charge in [-0.05, 0) is 26.8 Å². The van der Waals surface area contributed by atoms with Crippen molar-refractivity contribution in [3.63, 3.8) is 0 Å². The minimum atomic E-state index is -1.23. The zero-order valence-electron chi connectivity index (χ0n) is 15.2. The summed E-state index contributed by atoms with van der Waals surface area (Å²) in [4.78, 5) is 20.6. The molecule has 0 aliphatic rings. The van der Waals surface area contributed by atoms with Crippen LogP contribution < -0.4 is 0 Å². The molecule has 0 radical (unpaired) electrons. The largest absolute Gasteiger partial charge is 0.465 e. The van der Waals surface area contributed by atoms with Gasteiger partial charge in [-0.3, -0.25) is 4.79 Å². The Bertz CT molecular complexity index is 1010. The molecule has 0 atom stereocenters. The van der Waals surface area contributed by atoms with Gasteiger partial charge in [-0.25, -0.2) is 9.97 Å². The molecule has 0 amide bonds. The second kappa shape index (κ2) is 7.46. The average molecular weight is 408 g/mol. The third-order valence-corrected chi connectivity index (χ3v) is 4.90. The number of hydrogen-bond acceptors (Lipinski definition) is 5. The average Bonchev–Trinajstić information content (AvgIpc) is 2.95. The van der Waals surface area contributed by atoms with Crippen LogP contribution in [0, 0.1) is 0 Å². The Morgan fingerprint density at radius 2 is 2.00 bits per heavy atom. The third kappa shape index (κ3) is 3.78. The van der Waals surface area contributed by atoms with E-state index in [0.29, 0.717) is 37.9 Å². The molecule has 0 bridgehead atoms. The number of aromatic nitrogens is 3. The molecule has 0 aliphatic heterocycles. The molecule has 142 valence electrons. The molecule has 3 rings (SSSR count). The second-order valence-electron chi connectivity index (χ2n) is 6.56. The molecule has 0 saturated carbocycles. The lowest BCUT2D eigenvalue weighted by molar-refractivity contribution is -0.143. The fraction of sp³-hybridized carbons (Fsp3) is 0.316. The van der Waals surface area contributed by atoms with Crippen LogP contribution in [0.15, 0.2) is 30.7 Å². The number of esters is 1. The predicted molar refractivity (Wildman–Crippen MR) is 105 cm³/mol. The van der Waals surface area contributed by atoms with E-state index in [1.807, 2.05) is 6.07 Å². The Hall–Kier alpha value is -2.15. The van der Waals surface area contributed by atoms with E-state index in [-0.39, 0.29) is 19.1 Å². The highest BCUT2D eigenvalue weighted by molar-refractivity contribution is 6.44. The molecule has 1 aromatic carbocycles. The zero-order valence-corrected chi connectivity index (χ0v) is 16.7. The van der Waals surface area contributed by atoms with Gasteiger partial charge in [0.15, 0.2) is 0 Å². The molecule has 0 unspecified atom stereocenters. The standard InChI is InChI=1S/C19H19Cl2N3O3/c1-4-27-14(25)9-24-8-12(11-6-5-7-13(20)16(11)21)15-17(19(2,3)26)22-10-23-18(15)24/h5-8,10,26H,4,9H2,1-3H3. The summed E-state index contributed by atoms with van der Waals surface area (Å²) < 4.78 is 6.71. The number of rotatable bonds is 5. The first-order valence-electron chi connectivity index (χ1n) is 8.40. The van der Waals surface area contributed by atoms with Crippen molar-refractivity contribution < 1.29 is 14.6 Å². The molecule has 2 heterocycles. The van der Waals surface area contributed by atoms with Crippen LogP contribution in [0.1, 0.15) is 26.5 Å². The number of carbonyl (C=O) groups is 1. The molecule has 0 saturated heterocycles. The Morgan fingerprint density at radius 1 is 1.26 bits per heavy atom. The van der Waals surface area contributed by atoms with E-state index in [2.05, 4.69) is 9.97 Å². The summed E-state index contributed by atoms with van der Waals surface area (Å²) in [6.45, 7) is 5.29. The summed E-state index contributed by atoms with van der Waals surface area (Å²) in [5, 5.41) is 12.0. The van der Waals surface area contributed by atoms with Crippen molar-refractivity contribution in [3.8, 4) is 11.1 Å². The van der Waals surface area contributed by atoms with Crippen molar-refractivity contribution in [2.45, 2.75) is 32.9 Å². The predicted octanol–water partition coefficient (Wildman–Crippen LogP) is 4.20. The van der Waals surface area contributed by atoms with E-state index in [9.17, 15) is 9.90 Å². The molecular formula is C19H19Cl2N3O3. The Balaban J connectivity index is 2.32.